The molecule has 0 aromatic heterocycles. The van der Waals surface area contributed by atoms with Crippen LogP contribution in [0.15, 0.2) is 18.2 Å². The fourth-order valence-electron chi connectivity index (χ4n) is 2.45. The zero-order valence-electron chi connectivity index (χ0n) is 13.0. The molecule has 1 aromatic rings. The van der Waals surface area contributed by atoms with Gasteiger partial charge in [0, 0.05) is 26.2 Å². The Bertz CT molecular complexity index is 409. The highest BCUT2D eigenvalue weighted by molar-refractivity contribution is 5.42. The SMILES string of the molecule is COc1cc(C)ccc1OCCCCN1CCNCC1.[Cl-]. The summed E-state index contributed by atoms with van der Waals surface area (Å²) in [6.45, 7) is 8.58. The van der Waals surface area contributed by atoms with Gasteiger partial charge in [-0.15, -0.1) is 0 Å². The molecule has 1 aromatic carbocycles. The van der Waals surface area contributed by atoms with E-state index in [1.54, 1.807) is 7.11 Å². The van der Waals surface area contributed by atoms with E-state index in [9.17, 15) is 0 Å². The lowest BCUT2D eigenvalue weighted by Crippen LogP contribution is -3.00. The summed E-state index contributed by atoms with van der Waals surface area (Å²) in [5.41, 5.74) is 1.19. The van der Waals surface area contributed by atoms with Crippen LogP contribution in [0.3, 0.4) is 0 Å². The molecule has 1 aliphatic rings. The topological polar surface area (TPSA) is 33.7 Å². The summed E-state index contributed by atoms with van der Waals surface area (Å²) in [4.78, 5) is 2.52. The first-order valence-corrected chi connectivity index (χ1v) is 7.50. The summed E-state index contributed by atoms with van der Waals surface area (Å²) in [7, 11) is 1.69. The maximum Gasteiger partial charge on any atom is 0.161 e. The van der Waals surface area contributed by atoms with Gasteiger partial charge in [-0.25, -0.2) is 0 Å². The van der Waals surface area contributed by atoms with Crippen molar-refractivity contribution in [1.29, 1.82) is 0 Å². The third kappa shape index (κ3) is 6.12. The Kier molecular flexibility index (Phi) is 8.50. The van der Waals surface area contributed by atoms with E-state index >= 15 is 0 Å². The van der Waals surface area contributed by atoms with Crippen molar-refractivity contribution in [3.05, 3.63) is 23.8 Å². The van der Waals surface area contributed by atoms with Crippen LogP contribution < -0.4 is 27.2 Å². The van der Waals surface area contributed by atoms with Gasteiger partial charge in [0.2, 0.25) is 0 Å². The van der Waals surface area contributed by atoms with E-state index < -0.39 is 0 Å². The Balaban J connectivity index is 0.00000220. The van der Waals surface area contributed by atoms with Crippen LogP contribution in [0.1, 0.15) is 18.4 Å². The van der Waals surface area contributed by atoms with Crippen LogP contribution in [0.5, 0.6) is 11.5 Å². The molecule has 4 nitrogen and oxygen atoms in total. The molecule has 0 unspecified atom stereocenters. The summed E-state index contributed by atoms with van der Waals surface area (Å²) in [6.07, 6.45) is 2.27. The smallest absolute Gasteiger partial charge is 0.161 e. The Morgan fingerprint density at radius 3 is 2.62 bits per heavy atom. The molecule has 0 amide bonds. The van der Waals surface area contributed by atoms with Gasteiger partial charge in [-0.1, -0.05) is 6.07 Å². The molecule has 1 N–H and O–H groups in total. The number of nitrogens with zero attached hydrogens (tertiary/aromatic N) is 1. The van der Waals surface area contributed by atoms with Crippen LogP contribution in [-0.2, 0) is 0 Å². The van der Waals surface area contributed by atoms with Gasteiger partial charge in [-0.05, 0) is 44.0 Å². The van der Waals surface area contributed by atoms with Gasteiger partial charge >= 0.3 is 0 Å². The molecule has 0 spiro atoms. The largest absolute Gasteiger partial charge is 1.00 e. The summed E-state index contributed by atoms with van der Waals surface area (Å²) in [6, 6.07) is 6.05. The van der Waals surface area contributed by atoms with Crippen LogP contribution >= 0.6 is 0 Å². The van der Waals surface area contributed by atoms with Gasteiger partial charge < -0.3 is 32.1 Å². The molecule has 1 fully saturated rings. The van der Waals surface area contributed by atoms with E-state index in [1.165, 1.54) is 31.6 Å². The average Bonchev–Trinajstić information content (AvgIpc) is 2.49. The highest BCUT2D eigenvalue weighted by Gasteiger charge is 2.08. The van der Waals surface area contributed by atoms with Crippen LogP contribution in [0.4, 0.5) is 0 Å². The number of rotatable bonds is 7. The number of nitrogens with one attached hydrogen (secondary N) is 1. The first-order valence-electron chi connectivity index (χ1n) is 7.50. The van der Waals surface area contributed by atoms with Gasteiger partial charge in [-0.3, -0.25) is 0 Å². The van der Waals surface area contributed by atoms with Crippen LogP contribution in [-0.4, -0.2) is 51.3 Å². The molecule has 0 aliphatic carbocycles. The van der Waals surface area contributed by atoms with E-state index in [0.29, 0.717) is 0 Å². The molecule has 120 valence electrons. The van der Waals surface area contributed by atoms with Crippen LogP contribution in [0.2, 0.25) is 0 Å². The van der Waals surface area contributed by atoms with Crippen molar-refractivity contribution in [2.45, 2.75) is 19.8 Å². The summed E-state index contributed by atoms with van der Waals surface area (Å²) in [5.74, 6) is 1.67. The molecule has 0 saturated carbocycles. The fraction of sp³-hybridized carbons (Fsp3) is 0.625. The van der Waals surface area contributed by atoms with Crippen molar-refractivity contribution in [2.75, 3.05) is 46.4 Å². The lowest BCUT2D eigenvalue weighted by molar-refractivity contribution is -0.00000494. The Morgan fingerprint density at radius 1 is 1.14 bits per heavy atom. The van der Waals surface area contributed by atoms with E-state index in [-0.39, 0.29) is 12.4 Å². The molecular formula is C16H26ClN2O2-. The Hall–Kier alpha value is -0.970. The minimum atomic E-state index is 0. The quantitative estimate of drug-likeness (QED) is 0.660. The minimum absolute atomic E-state index is 0. The minimum Gasteiger partial charge on any atom is -1.00 e. The molecule has 1 saturated heterocycles. The number of benzene rings is 1. The lowest BCUT2D eigenvalue weighted by atomic mass is 10.2. The average molecular weight is 314 g/mol. The first-order chi connectivity index (χ1) is 9.79. The summed E-state index contributed by atoms with van der Waals surface area (Å²) < 4.78 is 11.2. The highest BCUT2D eigenvalue weighted by Crippen LogP contribution is 2.27. The van der Waals surface area contributed by atoms with Crippen molar-refractivity contribution < 1.29 is 21.9 Å². The van der Waals surface area contributed by atoms with Crippen molar-refractivity contribution in [3.8, 4) is 11.5 Å². The maximum absolute atomic E-state index is 5.82. The van der Waals surface area contributed by atoms with Crippen molar-refractivity contribution in [1.82, 2.24) is 10.2 Å². The molecular weight excluding hydrogens is 288 g/mol. The lowest BCUT2D eigenvalue weighted by Gasteiger charge is -2.27. The first kappa shape index (κ1) is 18.1. The number of ether oxygens (including phenoxy) is 2. The molecule has 5 heteroatoms. The highest BCUT2D eigenvalue weighted by atomic mass is 35.5. The zero-order valence-corrected chi connectivity index (χ0v) is 13.8. The third-order valence-electron chi connectivity index (χ3n) is 3.65. The van der Waals surface area contributed by atoms with E-state index in [4.69, 9.17) is 9.47 Å². The van der Waals surface area contributed by atoms with Crippen molar-refractivity contribution in [2.24, 2.45) is 0 Å². The molecule has 2 rings (SSSR count). The number of hydrogen-bond donors (Lipinski definition) is 1. The fourth-order valence-corrected chi connectivity index (χ4v) is 2.45. The van der Waals surface area contributed by atoms with Crippen LogP contribution in [0.25, 0.3) is 0 Å². The molecule has 1 heterocycles. The number of aryl methyl sites for hydroxylation is 1. The normalized spacial score (nSPS) is 15.3. The molecule has 1 aliphatic heterocycles. The second-order valence-corrected chi connectivity index (χ2v) is 5.30. The van der Waals surface area contributed by atoms with Gasteiger partial charge in [0.1, 0.15) is 0 Å². The third-order valence-corrected chi connectivity index (χ3v) is 3.65. The summed E-state index contributed by atoms with van der Waals surface area (Å²) >= 11 is 0. The van der Waals surface area contributed by atoms with Gasteiger partial charge in [-0.2, -0.15) is 0 Å². The number of halogens is 1. The second kappa shape index (κ2) is 9.87. The van der Waals surface area contributed by atoms with E-state index in [1.807, 2.05) is 12.1 Å². The predicted octanol–water partition coefficient (Wildman–Crippen LogP) is -0.928. The van der Waals surface area contributed by atoms with Crippen molar-refractivity contribution in [3.63, 3.8) is 0 Å². The summed E-state index contributed by atoms with van der Waals surface area (Å²) in [5, 5.41) is 3.37. The number of hydrogen-bond acceptors (Lipinski definition) is 4. The monoisotopic (exact) mass is 313 g/mol. The molecule has 0 bridgehead atoms. The second-order valence-electron chi connectivity index (χ2n) is 5.30. The Labute approximate surface area is 134 Å². The maximum atomic E-state index is 5.82. The molecule has 0 radical (unpaired) electrons. The molecule has 0 atom stereocenters. The number of piperazine rings is 1. The van der Waals surface area contributed by atoms with Crippen molar-refractivity contribution >= 4 is 0 Å². The van der Waals surface area contributed by atoms with Gasteiger partial charge in [0.15, 0.2) is 11.5 Å². The van der Waals surface area contributed by atoms with Crippen LogP contribution in [0, 0.1) is 6.92 Å². The zero-order chi connectivity index (χ0) is 14.2. The predicted molar refractivity (Wildman–Crippen MR) is 81.8 cm³/mol. The van der Waals surface area contributed by atoms with E-state index in [2.05, 4.69) is 23.2 Å². The molecule has 21 heavy (non-hydrogen) atoms. The standard InChI is InChI=1S/C16H26N2O2.ClH/c1-14-5-6-15(16(13-14)19-2)20-12-4-3-9-18-10-7-17-8-11-18;/h5-6,13,17H,3-4,7-12H2,1-2H3;1H/p-1. The Morgan fingerprint density at radius 2 is 1.90 bits per heavy atom. The number of unbranched alkanes of at least 4 members (excludes halogenated alkanes) is 1. The van der Waals surface area contributed by atoms with Gasteiger partial charge in [0.25, 0.3) is 0 Å². The number of methoxy groups -OCH3 is 1. The van der Waals surface area contributed by atoms with E-state index in [0.717, 1.165) is 37.6 Å². The van der Waals surface area contributed by atoms with Gasteiger partial charge in [0.05, 0.1) is 13.7 Å².